The summed E-state index contributed by atoms with van der Waals surface area (Å²) in [5.41, 5.74) is -0.847. The second kappa shape index (κ2) is 9.24. The first-order valence-corrected chi connectivity index (χ1v) is 8.43. The van der Waals surface area contributed by atoms with E-state index in [0.29, 0.717) is 0 Å². The van der Waals surface area contributed by atoms with Gasteiger partial charge in [-0.05, 0) is 45.4 Å². The minimum Gasteiger partial charge on any atom is -0.443 e. The van der Waals surface area contributed by atoms with Crippen LogP contribution < -0.4 is 4.72 Å². The molecule has 0 aromatic heterocycles. The molecule has 1 amide bonds. The van der Waals surface area contributed by atoms with Crippen LogP contribution in [-0.4, -0.2) is 40.1 Å². The fraction of sp³-hybridized carbons (Fsp3) is 0.923. The molecule has 0 radical (unpaired) electrons. The number of halogens is 2. The van der Waals surface area contributed by atoms with Gasteiger partial charge in [-0.2, -0.15) is 13.1 Å². The van der Waals surface area contributed by atoms with Crippen molar-refractivity contribution in [2.24, 2.45) is 11.8 Å². The summed E-state index contributed by atoms with van der Waals surface area (Å²) in [6.07, 6.45) is -0.883. The van der Waals surface area contributed by atoms with Crippen LogP contribution in [0.4, 0.5) is 13.6 Å². The molecule has 0 fully saturated rings. The SMILES string of the molecule is C[C@H](COS(=O)(=O)NC(=O)OC(C)(C)C)C(CCF)CCF. The number of ether oxygens (including phenoxy) is 1. The van der Waals surface area contributed by atoms with Gasteiger partial charge >= 0.3 is 16.4 Å². The van der Waals surface area contributed by atoms with Gasteiger partial charge in [0.2, 0.25) is 0 Å². The molecule has 0 rings (SSSR count). The molecule has 0 saturated heterocycles. The number of rotatable bonds is 9. The van der Waals surface area contributed by atoms with Gasteiger partial charge in [-0.1, -0.05) is 6.92 Å². The second-order valence-corrected chi connectivity index (χ2v) is 7.38. The topological polar surface area (TPSA) is 81.7 Å². The molecule has 0 heterocycles. The Morgan fingerprint density at radius 2 is 1.68 bits per heavy atom. The van der Waals surface area contributed by atoms with E-state index in [1.807, 2.05) is 0 Å². The lowest BCUT2D eigenvalue weighted by Crippen LogP contribution is -2.38. The van der Waals surface area contributed by atoms with Crippen LogP contribution >= 0.6 is 0 Å². The van der Waals surface area contributed by atoms with E-state index in [9.17, 15) is 22.0 Å². The zero-order valence-corrected chi connectivity index (χ0v) is 14.2. The third-order valence-electron chi connectivity index (χ3n) is 2.86. The largest absolute Gasteiger partial charge is 0.443 e. The molecule has 0 bridgehead atoms. The van der Waals surface area contributed by atoms with Gasteiger partial charge in [0.05, 0.1) is 20.0 Å². The van der Waals surface area contributed by atoms with Crippen LogP contribution in [0.5, 0.6) is 0 Å². The summed E-state index contributed by atoms with van der Waals surface area (Å²) in [6, 6.07) is 0. The Hall–Kier alpha value is -0.960. The first kappa shape index (κ1) is 21.0. The summed E-state index contributed by atoms with van der Waals surface area (Å²) in [5.74, 6) is -0.701. The highest BCUT2D eigenvalue weighted by atomic mass is 32.2. The Labute approximate surface area is 130 Å². The quantitative estimate of drug-likeness (QED) is 0.695. The maximum absolute atomic E-state index is 12.4. The van der Waals surface area contributed by atoms with Gasteiger partial charge < -0.3 is 4.74 Å². The maximum Gasteiger partial charge on any atom is 0.423 e. The highest BCUT2D eigenvalue weighted by molar-refractivity contribution is 7.85. The molecule has 22 heavy (non-hydrogen) atoms. The fourth-order valence-corrected chi connectivity index (χ4v) is 2.46. The monoisotopic (exact) mass is 345 g/mol. The first-order chi connectivity index (χ1) is 10.0. The van der Waals surface area contributed by atoms with Gasteiger partial charge in [0.15, 0.2) is 0 Å². The summed E-state index contributed by atoms with van der Waals surface area (Å²) in [7, 11) is -4.32. The predicted octanol–water partition coefficient (Wildman–Crippen LogP) is 2.74. The van der Waals surface area contributed by atoms with E-state index in [2.05, 4.69) is 4.18 Å². The molecule has 0 aliphatic carbocycles. The highest BCUT2D eigenvalue weighted by Crippen LogP contribution is 2.21. The number of hydrogen-bond donors (Lipinski definition) is 1. The Morgan fingerprint density at radius 3 is 2.09 bits per heavy atom. The van der Waals surface area contributed by atoms with E-state index in [4.69, 9.17) is 4.74 Å². The minimum absolute atomic E-state index is 0.133. The van der Waals surface area contributed by atoms with Crippen molar-refractivity contribution in [3.05, 3.63) is 0 Å². The van der Waals surface area contributed by atoms with Gasteiger partial charge in [-0.15, -0.1) is 0 Å². The van der Waals surface area contributed by atoms with Crippen LogP contribution in [-0.2, 0) is 19.2 Å². The summed E-state index contributed by atoms with van der Waals surface area (Å²) in [5, 5.41) is 0. The van der Waals surface area contributed by atoms with Crippen molar-refractivity contribution < 1.29 is 30.9 Å². The minimum atomic E-state index is -4.32. The number of nitrogens with one attached hydrogen (secondary N) is 1. The number of hydrogen-bond acceptors (Lipinski definition) is 5. The van der Waals surface area contributed by atoms with Crippen molar-refractivity contribution in [3.8, 4) is 0 Å². The number of carbonyl (C=O) groups is 1. The Morgan fingerprint density at radius 1 is 1.18 bits per heavy atom. The van der Waals surface area contributed by atoms with Crippen LogP contribution in [0, 0.1) is 11.8 Å². The molecule has 0 spiro atoms. The highest BCUT2D eigenvalue weighted by Gasteiger charge is 2.24. The predicted molar refractivity (Wildman–Crippen MR) is 78.1 cm³/mol. The number of carbonyl (C=O) groups excluding carboxylic acids is 1. The zero-order chi connectivity index (χ0) is 17.4. The van der Waals surface area contributed by atoms with E-state index in [0.717, 1.165) is 0 Å². The molecule has 0 aromatic carbocycles. The van der Waals surface area contributed by atoms with Gasteiger partial charge in [0.25, 0.3) is 0 Å². The molecule has 0 unspecified atom stereocenters. The smallest absolute Gasteiger partial charge is 0.423 e. The van der Waals surface area contributed by atoms with Crippen molar-refractivity contribution in [2.75, 3.05) is 20.0 Å². The molecule has 0 aliphatic heterocycles. The number of alkyl halides is 2. The van der Waals surface area contributed by atoms with Gasteiger partial charge in [-0.25, -0.2) is 4.79 Å². The third kappa shape index (κ3) is 9.88. The van der Waals surface area contributed by atoms with Crippen LogP contribution in [0.3, 0.4) is 0 Å². The van der Waals surface area contributed by atoms with Crippen molar-refractivity contribution in [2.45, 2.75) is 46.1 Å². The number of amides is 1. The van der Waals surface area contributed by atoms with Gasteiger partial charge in [0.1, 0.15) is 5.60 Å². The molecular formula is C13H25F2NO5S. The average Bonchev–Trinajstić information content (AvgIpc) is 2.32. The fourth-order valence-electron chi connectivity index (χ4n) is 1.76. The summed E-state index contributed by atoms with van der Waals surface area (Å²) in [6.45, 7) is 4.89. The molecule has 1 atom stereocenters. The Bertz CT molecular complexity index is 430. The van der Waals surface area contributed by atoms with Crippen LogP contribution in [0.2, 0.25) is 0 Å². The molecule has 1 N–H and O–H groups in total. The summed E-state index contributed by atoms with van der Waals surface area (Å²) < 4.78 is 59.0. The van der Waals surface area contributed by atoms with Crippen LogP contribution in [0.25, 0.3) is 0 Å². The standard InChI is InChI=1S/C13H25F2NO5S/c1-10(11(5-7-14)6-8-15)9-20-22(18,19)16-12(17)21-13(2,3)4/h10-11H,5-9H2,1-4H3,(H,16,17)/t10-/m1/s1. The lowest BCUT2D eigenvalue weighted by Gasteiger charge is -2.22. The van der Waals surface area contributed by atoms with Crippen molar-refractivity contribution in [3.63, 3.8) is 0 Å². The van der Waals surface area contributed by atoms with E-state index in [1.165, 1.54) is 0 Å². The average molecular weight is 345 g/mol. The molecule has 9 heteroatoms. The van der Waals surface area contributed by atoms with Gasteiger partial charge in [-0.3, -0.25) is 13.0 Å². The van der Waals surface area contributed by atoms with E-state index in [1.54, 1.807) is 32.4 Å². The molecular weight excluding hydrogens is 320 g/mol. The lowest BCUT2D eigenvalue weighted by atomic mass is 9.89. The maximum atomic E-state index is 12.4. The van der Waals surface area contributed by atoms with E-state index < -0.39 is 35.3 Å². The molecule has 132 valence electrons. The van der Waals surface area contributed by atoms with Crippen LogP contribution in [0.15, 0.2) is 0 Å². The Balaban J connectivity index is 4.44. The first-order valence-electron chi connectivity index (χ1n) is 7.03. The zero-order valence-electron chi connectivity index (χ0n) is 13.4. The summed E-state index contributed by atoms with van der Waals surface area (Å²) in [4.78, 5) is 11.4. The molecule has 0 saturated carbocycles. The van der Waals surface area contributed by atoms with Crippen LogP contribution in [0.1, 0.15) is 40.5 Å². The second-order valence-electron chi connectivity index (χ2n) is 6.04. The lowest BCUT2D eigenvalue weighted by molar-refractivity contribution is 0.0561. The van der Waals surface area contributed by atoms with E-state index >= 15 is 0 Å². The molecule has 0 aromatic rings. The molecule has 0 aliphatic rings. The normalized spacial score (nSPS) is 14.0. The van der Waals surface area contributed by atoms with Crippen molar-refractivity contribution in [1.82, 2.24) is 4.72 Å². The Kier molecular flexibility index (Phi) is 8.84. The molecule has 6 nitrogen and oxygen atoms in total. The van der Waals surface area contributed by atoms with Crippen molar-refractivity contribution in [1.29, 1.82) is 0 Å². The van der Waals surface area contributed by atoms with Crippen molar-refractivity contribution >= 4 is 16.4 Å². The van der Waals surface area contributed by atoms with Gasteiger partial charge in [0, 0.05) is 0 Å². The summed E-state index contributed by atoms with van der Waals surface area (Å²) >= 11 is 0. The third-order valence-corrected chi connectivity index (χ3v) is 3.72. The van der Waals surface area contributed by atoms with E-state index in [-0.39, 0.29) is 31.3 Å².